The second-order valence-corrected chi connectivity index (χ2v) is 8.65. The van der Waals surface area contributed by atoms with Crippen molar-refractivity contribution in [1.82, 2.24) is 20.0 Å². The van der Waals surface area contributed by atoms with Gasteiger partial charge in [-0.25, -0.2) is 8.78 Å². The lowest BCUT2D eigenvalue weighted by Gasteiger charge is -2.53. The molecule has 0 radical (unpaired) electrons. The van der Waals surface area contributed by atoms with Crippen molar-refractivity contribution in [3.05, 3.63) is 58.6 Å². The molecular weight excluding hydrogens is 450 g/mol. The van der Waals surface area contributed by atoms with Gasteiger partial charge in [0.25, 0.3) is 11.8 Å². The van der Waals surface area contributed by atoms with Gasteiger partial charge in [-0.05, 0) is 19.4 Å². The lowest BCUT2D eigenvalue weighted by Crippen LogP contribution is -2.67. The van der Waals surface area contributed by atoms with Crippen molar-refractivity contribution in [2.24, 2.45) is 0 Å². The summed E-state index contributed by atoms with van der Waals surface area (Å²) in [6.45, 7) is 3.84. The van der Waals surface area contributed by atoms with Crippen molar-refractivity contribution in [3.63, 3.8) is 0 Å². The van der Waals surface area contributed by atoms with E-state index in [1.165, 1.54) is 17.2 Å². The molecule has 0 saturated carbocycles. The summed E-state index contributed by atoms with van der Waals surface area (Å²) in [5.41, 5.74) is -0.183. The maximum Gasteiger partial charge on any atom is 0.275 e. The van der Waals surface area contributed by atoms with Crippen molar-refractivity contribution in [1.29, 1.82) is 0 Å². The number of methoxy groups -OCH3 is 1. The van der Waals surface area contributed by atoms with Crippen LogP contribution in [-0.4, -0.2) is 88.4 Å². The minimum absolute atomic E-state index is 0.0600. The first-order valence-corrected chi connectivity index (χ1v) is 11.1. The van der Waals surface area contributed by atoms with E-state index in [4.69, 9.17) is 4.74 Å². The smallest absolute Gasteiger partial charge is 0.275 e. The van der Waals surface area contributed by atoms with E-state index in [0.717, 1.165) is 19.0 Å². The van der Waals surface area contributed by atoms with E-state index >= 15 is 0 Å². The fourth-order valence-corrected chi connectivity index (χ4v) is 4.65. The molecule has 2 fully saturated rings. The molecular formula is C23H28F2N4O5. The Kier molecular flexibility index (Phi) is 6.87. The molecule has 184 valence electrons. The van der Waals surface area contributed by atoms with E-state index in [0.29, 0.717) is 19.2 Å². The number of fused-ring (bicyclic) bond motifs is 2. The van der Waals surface area contributed by atoms with Gasteiger partial charge in [0, 0.05) is 50.6 Å². The molecule has 3 atom stereocenters. The Morgan fingerprint density at radius 1 is 1.32 bits per heavy atom. The van der Waals surface area contributed by atoms with Crippen LogP contribution < -0.4 is 5.32 Å². The molecule has 0 aromatic heterocycles. The predicted octanol–water partition coefficient (Wildman–Crippen LogP) is 0.820. The first-order valence-electron chi connectivity index (χ1n) is 11.1. The lowest BCUT2D eigenvalue weighted by molar-refractivity contribution is -0.150. The third-order valence-electron chi connectivity index (χ3n) is 6.53. The minimum Gasteiger partial charge on any atom is -0.507 e. The van der Waals surface area contributed by atoms with E-state index in [1.807, 2.05) is 6.92 Å². The molecule has 4 rings (SSSR count). The van der Waals surface area contributed by atoms with Crippen molar-refractivity contribution < 1.29 is 33.3 Å². The first-order chi connectivity index (χ1) is 16.2. The van der Waals surface area contributed by atoms with E-state index < -0.39 is 35.3 Å². The van der Waals surface area contributed by atoms with E-state index in [2.05, 4.69) is 10.2 Å². The van der Waals surface area contributed by atoms with Gasteiger partial charge in [0.1, 0.15) is 29.6 Å². The maximum absolute atomic E-state index is 13.9. The Hall–Kier alpha value is -3.02. The van der Waals surface area contributed by atoms with Gasteiger partial charge in [0.2, 0.25) is 0 Å². The second kappa shape index (κ2) is 9.69. The van der Waals surface area contributed by atoms with Crippen molar-refractivity contribution in [2.45, 2.75) is 38.2 Å². The van der Waals surface area contributed by atoms with E-state index in [9.17, 15) is 28.6 Å². The van der Waals surface area contributed by atoms with Gasteiger partial charge in [-0.3, -0.25) is 14.5 Å². The molecule has 2 saturated heterocycles. The second-order valence-electron chi connectivity index (χ2n) is 8.65. The summed E-state index contributed by atoms with van der Waals surface area (Å²) in [4.78, 5) is 31.4. The van der Waals surface area contributed by atoms with Crippen LogP contribution in [0.3, 0.4) is 0 Å². The summed E-state index contributed by atoms with van der Waals surface area (Å²) < 4.78 is 32.2. The molecule has 0 aliphatic carbocycles. The molecule has 0 bridgehead atoms. The Bertz CT molecular complexity index is 1040. The van der Waals surface area contributed by atoms with Crippen LogP contribution in [0.2, 0.25) is 0 Å². The molecule has 34 heavy (non-hydrogen) atoms. The topological polar surface area (TPSA) is 106 Å². The number of carbonyl (C=O) groups is 2. The summed E-state index contributed by atoms with van der Waals surface area (Å²) in [6.07, 6.45) is 0.0898. The van der Waals surface area contributed by atoms with Crippen LogP contribution in [0.4, 0.5) is 8.78 Å². The number of benzene rings is 1. The summed E-state index contributed by atoms with van der Waals surface area (Å²) in [6, 6.07) is 2.94. The maximum atomic E-state index is 13.9. The SMILES string of the molecule is COCCN1CC[C@H](C)N2C(=O)C3=C(O)C(O)C(C(=O)NCc4ccc(F)cc4F)=CN3C[C@@H]12. The summed E-state index contributed by atoms with van der Waals surface area (Å²) in [5, 5.41) is 23.8. The Labute approximate surface area is 195 Å². The highest BCUT2D eigenvalue weighted by molar-refractivity contribution is 5.99. The standard InChI is InChI=1S/C23H28F2N4O5/c1-13-5-6-27(7-8-34-2)18-12-28-11-16(20(30)21(31)19(28)23(33)29(13)18)22(32)26-10-14-3-4-15(24)9-17(14)25/h3-4,9,11,13,18,20,30-31H,5-8,10,12H2,1-2H3,(H,26,32)/t13-,18-,20?/m0/s1. The van der Waals surface area contributed by atoms with E-state index in [-0.39, 0.29) is 42.1 Å². The average Bonchev–Trinajstić information content (AvgIpc) is 2.80. The largest absolute Gasteiger partial charge is 0.507 e. The molecule has 3 heterocycles. The van der Waals surface area contributed by atoms with Gasteiger partial charge < -0.3 is 30.1 Å². The number of carbonyl (C=O) groups excluding carboxylic acids is 2. The fourth-order valence-electron chi connectivity index (χ4n) is 4.65. The number of aliphatic hydroxyl groups is 2. The number of rotatable bonds is 6. The van der Waals surface area contributed by atoms with Crippen LogP contribution in [0.1, 0.15) is 18.9 Å². The molecule has 2 amide bonds. The number of ether oxygens (including phenoxy) is 1. The Balaban J connectivity index is 1.56. The third-order valence-corrected chi connectivity index (χ3v) is 6.53. The van der Waals surface area contributed by atoms with Crippen LogP contribution in [0.15, 0.2) is 41.4 Å². The number of amides is 2. The number of nitrogens with zero attached hydrogens (tertiary/aromatic N) is 3. The van der Waals surface area contributed by atoms with Crippen molar-refractivity contribution >= 4 is 11.8 Å². The number of nitrogens with one attached hydrogen (secondary N) is 1. The lowest BCUT2D eigenvalue weighted by atomic mass is 9.97. The molecule has 1 unspecified atom stereocenters. The molecule has 11 heteroatoms. The highest BCUT2D eigenvalue weighted by Crippen LogP contribution is 2.34. The number of aliphatic hydroxyl groups excluding tert-OH is 2. The van der Waals surface area contributed by atoms with Gasteiger partial charge in [-0.15, -0.1) is 0 Å². The fraction of sp³-hybridized carbons (Fsp3) is 0.478. The van der Waals surface area contributed by atoms with Crippen LogP contribution >= 0.6 is 0 Å². The zero-order valence-electron chi connectivity index (χ0n) is 19.0. The first kappa shape index (κ1) is 24.1. The minimum atomic E-state index is -1.71. The quantitative estimate of drug-likeness (QED) is 0.556. The zero-order valence-corrected chi connectivity index (χ0v) is 19.0. The summed E-state index contributed by atoms with van der Waals surface area (Å²) in [7, 11) is 1.60. The van der Waals surface area contributed by atoms with Gasteiger partial charge >= 0.3 is 0 Å². The van der Waals surface area contributed by atoms with Gasteiger partial charge in [0.15, 0.2) is 5.76 Å². The molecule has 9 nitrogen and oxygen atoms in total. The normalized spacial score (nSPS) is 25.1. The van der Waals surface area contributed by atoms with Gasteiger partial charge in [0.05, 0.1) is 18.7 Å². The number of hydrogen-bond donors (Lipinski definition) is 3. The number of hydrogen-bond acceptors (Lipinski definition) is 7. The predicted molar refractivity (Wildman–Crippen MR) is 117 cm³/mol. The molecule has 0 spiro atoms. The van der Waals surface area contributed by atoms with Crippen LogP contribution in [0, 0.1) is 11.6 Å². The molecule has 3 aliphatic rings. The average molecular weight is 478 g/mol. The highest BCUT2D eigenvalue weighted by atomic mass is 19.1. The monoisotopic (exact) mass is 478 g/mol. The van der Waals surface area contributed by atoms with Crippen LogP contribution in [0.25, 0.3) is 0 Å². The number of piperazine rings is 1. The third kappa shape index (κ3) is 4.38. The zero-order chi connectivity index (χ0) is 24.6. The molecule has 3 N–H and O–H groups in total. The molecule has 3 aliphatic heterocycles. The summed E-state index contributed by atoms with van der Waals surface area (Å²) >= 11 is 0. The van der Waals surface area contributed by atoms with Gasteiger partial charge in [-0.2, -0.15) is 0 Å². The Morgan fingerprint density at radius 3 is 2.79 bits per heavy atom. The Morgan fingerprint density at radius 2 is 2.09 bits per heavy atom. The summed E-state index contributed by atoms with van der Waals surface area (Å²) in [5.74, 6) is -3.32. The molecule has 1 aromatic carbocycles. The van der Waals surface area contributed by atoms with Crippen molar-refractivity contribution in [3.8, 4) is 0 Å². The van der Waals surface area contributed by atoms with E-state index in [1.54, 1.807) is 12.0 Å². The van der Waals surface area contributed by atoms with Crippen molar-refractivity contribution in [2.75, 3.05) is 33.4 Å². The van der Waals surface area contributed by atoms with Crippen LogP contribution in [-0.2, 0) is 20.9 Å². The van der Waals surface area contributed by atoms with Gasteiger partial charge in [-0.1, -0.05) is 6.07 Å². The van der Waals surface area contributed by atoms with Crippen LogP contribution in [0.5, 0.6) is 0 Å². The highest BCUT2D eigenvalue weighted by Gasteiger charge is 2.47. The number of halogens is 2. The molecule has 1 aromatic rings.